The van der Waals surface area contributed by atoms with Crippen LogP contribution in [0.3, 0.4) is 0 Å². The van der Waals surface area contributed by atoms with Gasteiger partial charge in [0.1, 0.15) is 17.5 Å². The van der Waals surface area contributed by atoms with Gasteiger partial charge in [-0.05, 0) is 42.8 Å². The lowest BCUT2D eigenvalue weighted by molar-refractivity contribution is -0.116. The van der Waals surface area contributed by atoms with E-state index in [1.807, 2.05) is 13.0 Å². The van der Waals surface area contributed by atoms with Crippen molar-refractivity contribution in [2.24, 2.45) is 5.10 Å². The summed E-state index contributed by atoms with van der Waals surface area (Å²) in [6.07, 6.45) is 3.55. The van der Waals surface area contributed by atoms with Crippen LogP contribution in [0.2, 0.25) is 5.02 Å². The van der Waals surface area contributed by atoms with Crippen molar-refractivity contribution in [1.29, 1.82) is 0 Å². The number of ether oxygens (including phenoxy) is 2. The number of halogens is 2. The molecule has 1 amide bonds. The SMILES string of the molecule is Cc1ccc(SC2=NN3CNC(=O)C(c4cc5c(cc4Cl)OCO5)=C3C=C2)c(F)c1. The lowest BCUT2D eigenvalue weighted by Gasteiger charge is -2.31. The summed E-state index contributed by atoms with van der Waals surface area (Å²) < 4.78 is 25.0. The van der Waals surface area contributed by atoms with Crippen molar-refractivity contribution in [3.63, 3.8) is 0 Å². The fourth-order valence-electron chi connectivity index (χ4n) is 3.35. The number of fused-ring (bicyclic) bond motifs is 2. The molecule has 0 saturated heterocycles. The summed E-state index contributed by atoms with van der Waals surface area (Å²) in [6, 6.07) is 8.40. The monoisotopic (exact) mass is 443 g/mol. The fraction of sp³-hybridized carbons (Fsp3) is 0.143. The number of allylic oxidation sites excluding steroid dienone is 1. The summed E-state index contributed by atoms with van der Waals surface area (Å²) in [6.45, 7) is 2.15. The van der Waals surface area contributed by atoms with Crippen LogP contribution in [0.25, 0.3) is 5.57 Å². The Morgan fingerprint density at radius 1 is 1.20 bits per heavy atom. The van der Waals surface area contributed by atoms with E-state index in [0.29, 0.717) is 43.3 Å². The Balaban J connectivity index is 1.51. The highest BCUT2D eigenvalue weighted by Gasteiger charge is 2.30. The van der Waals surface area contributed by atoms with Gasteiger partial charge in [0.2, 0.25) is 6.79 Å². The number of amides is 1. The van der Waals surface area contributed by atoms with E-state index in [-0.39, 0.29) is 25.2 Å². The third kappa shape index (κ3) is 3.32. The van der Waals surface area contributed by atoms with Crippen molar-refractivity contribution in [2.75, 3.05) is 13.5 Å². The number of hydrogen-bond acceptors (Lipinski definition) is 6. The molecular formula is C21H15ClFN3O3S. The summed E-state index contributed by atoms with van der Waals surface area (Å²) in [4.78, 5) is 13.2. The Hall–Kier alpha value is -2.97. The minimum Gasteiger partial charge on any atom is -0.454 e. The van der Waals surface area contributed by atoms with Gasteiger partial charge >= 0.3 is 0 Å². The van der Waals surface area contributed by atoms with Crippen LogP contribution < -0.4 is 14.8 Å². The Morgan fingerprint density at radius 2 is 2.00 bits per heavy atom. The number of carbonyl (C=O) groups excluding carboxylic acids is 1. The third-order valence-electron chi connectivity index (χ3n) is 4.79. The lowest BCUT2D eigenvalue weighted by atomic mass is 9.99. The molecule has 3 aliphatic heterocycles. The van der Waals surface area contributed by atoms with Gasteiger partial charge in [-0.1, -0.05) is 29.4 Å². The maximum atomic E-state index is 14.2. The molecule has 3 aliphatic rings. The highest BCUT2D eigenvalue weighted by atomic mass is 35.5. The van der Waals surface area contributed by atoms with E-state index >= 15 is 0 Å². The van der Waals surface area contributed by atoms with Crippen molar-refractivity contribution < 1.29 is 18.7 Å². The van der Waals surface area contributed by atoms with Crippen molar-refractivity contribution in [3.8, 4) is 11.5 Å². The zero-order chi connectivity index (χ0) is 20.8. The van der Waals surface area contributed by atoms with E-state index in [9.17, 15) is 9.18 Å². The highest BCUT2D eigenvalue weighted by Crippen LogP contribution is 2.41. The molecule has 0 aliphatic carbocycles. The minimum absolute atomic E-state index is 0.111. The molecule has 0 spiro atoms. The lowest BCUT2D eigenvalue weighted by Crippen LogP contribution is -2.42. The van der Waals surface area contributed by atoms with Gasteiger partial charge < -0.3 is 14.8 Å². The van der Waals surface area contributed by atoms with E-state index in [0.717, 1.165) is 5.56 Å². The number of aryl methyl sites for hydroxylation is 1. The zero-order valence-corrected chi connectivity index (χ0v) is 17.3. The van der Waals surface area contributed by atoms with Gasteiger partial charge in [-0.3, -0.25) is 4.79 Å². The molecule has 0 unspecified atom stereocenters. The second kappa shape index (κ2) is 7.37. The van der Waals surface area contributed by atoms with Gasteiger partial charge in [-0.15, -0.1) is 0 Å². The number of nitrogens with one attached hydrogen (secondary N) is 1. The van der Waals surface area contributed by atoms with Crippen LogP contribution in [0.4, 0.5) is 4.39 Å². The molecule has 2 aromatic carbocycles. The molecule has 152 valence electrons. The normalized spacial score (nSPS) is 17.1. The van der Waals surface area contributed by atoms with E-state index in [2.05, 4.69) is 10.4 Å². The third-order valence-corrected chi connectivity index (χ3v) is 6.08. The number of carbonyl (C=O) groups is 1. The molecular weight excluding hydrogens is 429 g/mol. The molecule has 5 rings (SSSR count). The second-order valence-electron chi connectivity index (χ2n) is 6.82. The molecule has 0 saturated carbocycles. The summed E-state index contributed by atoms with van der Waals surface area (Å²) in [5.41, 5.74) is 2.37. The first-order chi connectivity index (χ1) is 14.5. The number of nitrogens with zero attached hydrogens (tertiary/aromatic N) is 2. The molecule has 9 heteroatoms. The van der Waals surface area contributed by atoms with Gasteiger partial charge in [-0.2, -0.15) is 5.10 Å². The predicted molar refractivity (Wildman–Crippen MR) is 113 cm³/mol. The van der Waals surface area contributed by atoms with E-state index < -0.39 is 0 Å². The summed E-state index contributed by atoms with van der Waals surface area (Å²) in [5, 5.41) is 10.0. The van der Waals surface area contributed by atoms with Crippen LogP contribution in [0, 0.1) is 12.7 Å². The molecule has 0 atom stereocenters. The number of hydrazone groups is 1. The van der Waals surface area contributed by atoms with Gasteiger partial charge in [-0.25, -0.2) is 9.40 Å². The highest BCUT2D eigenvalue weighted by molar-refractivity contribution is 8.14. The molecule has 0 bridgehead atoms. The summed E-state index contributed by atoms with van der Waals surface area (Å²) in [7, 11) is 0. The molecule has 0 aromatic heterocycles. The zero-order valence-electron chi connectivity index (χ0n) is 15.7. The largest absolute Gasteiger partial charge is 0.454 e. The van der Waals surface area contributed by atoms with Crippen molar-refractivity contribution in [3.05, 3.63) is 70.1 Å². The predicted octanol–water partition coefficient (Wildman–Crippen LogP) is 4.29. The van der Waals surface area contributed by atoms with Crippen molar-refractivity contribution in [1.82, 2.24) is 10.3 Å². The van der Waals surface area contributed by atoms with E-state index in [1.54, 1.807) is 35.4 Å². The Morgan fingerprint density at radius 3 is 2.80 bits per heavy atom. The fourth-order valence-corrected chi connectivity index (χ4v) is 4.39. The van der Waals surface area contributed by atoms with Crippen LogP contribution in [0.1, 0.15) is 11.1 Å². The number of thioether (sulfide) groups is 1. The maximum Gasteiger partial charge on any atom is 0.255 e. The number of rotatable bonds is 2. The van der Waals surface area contributed by atoms with Crippen LogP contribution >= 0.6 is 23.4 Å². The number of benzene rings is 2. The maximum absolute atomic E-state index is 14.2. The quantitative estimate of drug-likeness (QED) is 0.750. The average Bonchev–Trinajstić information content (AvgIpc) is 3.17. The van der Waals surface area contributed by atoms with Gasteiger partial charge in [0.15, 0.2) is 11.5 Å². The van der Waals surface area contributed by atoms with Gasteiger partial charge in [0.05, 0.1) is 16.3 Å². The second-order valence-corrected chi connectivity index (χ2v) is 8.29. The van der Waals surface area contributed by atoms with Gasteiger partial charge in [0, 0.05) is 16.5 Å². The minimum atomic E-state index is -0.294. The van der Waals surface area contributed by atoms with Crippen LogP contribution in [-0.4, -0.2) is 29.4 Å². The first-order valence-corrected chi connectivity index (χ1v) is 10.3. The first kappa shape index (κ1) is 19.0. The smallest absolute Gasteiger partial charge is 0.255 e. The van der Waals surface area contributed by atoms with Gasteiger partial charge in [0.25, 0.3) is 5.91 Å². The molecule has 30 heavy (non-hydrogen) atoms. The van der Waals surface area contributed by atoms with Crippen LogP contribution in [0.5, 0.6) is 11.5 Å². The van der Waals surface area contributed by atoms with Crippen LogP contribution in [0.15, 0.2) is 58.2 Å². The Kier molecular flexibility index (Phi) is 4.67. The summed E-state index contributed by atoms with van der Waals surface area (Å²) >= 11 is 7.65. The molecule has 0 radical (unpaired) electrons. The first-order valence-electron chi connectivity index (χ1n) is 9.10. The van der Waals surface area contributed by atoms with E-state index in [1.165, 1.54) is 17.8 Å². The molecule has 0 fully saturated rings. The van der Waals surface area contributed by atoms with Crippen molar-refractivity contribution >= 4 is 39.9 Å². The number of hydrogen-bond donors (Lipinski definition) is 1. The molecule has 1 N–H and O–H groups in total. The molecule has 6 nitrogen and oxygen atoms in total. The topological polar surface area (TPSA) is 63.2 Å². The average molecular weight is 444 g/mol. The standard InChI is InChI=1S/C21H15ClFN3O3S/c1-11-2-4-18(14(23)6-11)30-19-5-3-15-20(21(27)24-9-26(15)25-19)12-7-16-17(8-13(12)22)29-10-28-16/h2-8H,9-10H2,1H3,(H,24,27). The Bertz CT molecular complexity index is 1180. The molecule has 2 aromatic rings. The molecule has 3 heterocycles. The van der Waals surface area contributed by atoms with E-state index in [4.69, 9.17) is 21.1 Å². The Labute approximate surface area is 181 Å². The summed E-state index contributed by atoms with van der Waals surface area (Å²) in [5.74, 6) is 0.514. The van der Waals surface area contributed by atoms with Crippen molar-refractivity contribution in [2.45, 2.75) is 11.8 Å². The van der Waals surface area contributed by atoms with Crippen LogP contribution in [-0.2, 0) is 4.79 Å².